The molecular formula is C10H10N4OS2. The van der Waals surface area contributed by atoms with Crippen molar-refractivity contribution in [2.75, 3.05) is 5.32 Å². The minimum absolute atomic E-state index is 0.0671. The van der Waals surface area contributed by atoms with Crippen molar-refractivity contribution in [3.63, 3.8) is 0 Å². The molecule has 88 valence electrons. The van der Waals surface area contributed by atoms with Crippen LogP contribution in [-0.2, 0) is 6.54 Å². The minimum Gasteiger partial charge on any atom is -0.389 e. The normalized spacial score (nSPS) is 10.1. The number of rotatable bonds is 4. The van der Waals surface area contributed by atoms with E-state index in [4.69, 9.17) is 18.0 Å². The highest BCUT2D eigenvalue weighted by atomic mass is 32.1. The standard InChI is InChI=1S/C10H10N4OS2/c11-9(16)7-1-2-12-4-8(7)13-3-6-5-17-10(15)14-6/h1-2,4-5,13H,3H2,(H2,11,16)(H,14,15). The summed E-state index contributed by atoms with van der Waals surface area (Å²) in [7, 11) is 0. The Morgan fingerprint density at radius 3 is 3.12 bits per heavy atom. The predicted octanol–water partition coefficient (Wildman–Crippen LogP) is 1.08. The zero-order valence-corrected chi connectivity index (χ0v) is 10.4. The van der Waals surface area contributed by atoms with Gasteiger partial charge < -0.3 is 16.0 Å². The molecule has 2 aromatic rings. The summed E-state index contributed by atoms with van der Waals surface area (Å²) in [6.07, 6.45) is 3.28. The van der Waals surface area contributed by atoms with E-state index >= 15 is 0 Å². The molecule has 17 heavy (non-hydrogen) atoms. The van der Waals surface area contributed by atoms with Crippen LogP contribution in [0.3, 0.4) is 0 Å². The fourth-order valence-corrected chi connectivity index (χ4v) is 2.10. The van der Waals surface area contributed by atoms with E-state index in [2.05, 4.69) is 15.3 Å². The molecule has 5 nitrogen and oxygen atoms in total. The van der Waals surface area contributed by atoms with Gasteiger partial charge in [-0.1, -0.05) is 23.6 Å². The average Bonchev–Trinajstić information content (AvgIpc) is 2.73. The first-order valence-electron chi connectivity index (χ1n) is 4.81. The highest BCUT2D eigenvalue weighted by Gasteiger charge is 2.04. The Morgan fingerprint density at radius 2 is 2.47 bits per heavy atom. The van der Waals surface area contributed by atoms with Gasteiger partial charge in [0.05, 0.1) is 18.4 Å². The summed E-state index contributed by atoms with van der Waals surface area (Å²) in [5.41, 5.74) is 7.91. The lowest BCUT2D eigenvalue weighted by molar-refractivity contribution is 1.05. The van der Waals surface area contributed by atoms with Crippen molar-refractivity contribution in [1.29, 1.82) is 0 Å². The molecule has 0 aliphatic rings. The first-order valence-corrected chi connectivity index (χ1v) is 6.10. The Bertz CT molecular complexity index is 590. The molecule has 0 bridgehead atoms. The molecule has 0 saturated heterocycles. The summed E-state index contributed by atoms with van der Waals surface area (Å²) >= 11 is 6.07. The van der Waals surface area contributed by atoms with Crippen LogP contribution >= 0.6 is 23.6 Å². The van der Waals surface area contributed by atoms with E-state index in [1.807, 2.05) is 0 Å². The lowest BCUT2D eigenvalue weighted by Gasteiger charge is -2.09. The number of H-pyrrole nitrogens is 1. The molecule has 0 atom stereocenters. The SMILES string of the molecule is NC(=S)c1ccncc1NCc1csc(=O)[nH]1. The maximum Gasteiger partial charge on any atom is 0.304 e. The van der Waals surface area contributed by atoms with Crippen LogP contribution in [0.2, 0.25) is 0 Å². The zero-order chi connectivity index (χ0) is 12.3. The first kappa shape index (κ1) is 11.7. The molecule has 2 heterocycles. The Kier molecular flexibility index (Phi) is 3.50. The maximum absolute atomic E-state index is 11.0. The molecule has 4 N–H and O–H groups in total. The van der Waals surface area contributed by atoms with Gasteiger partial charge in [0.15, 0.2) is 0 Å². The van der Waals surface area contributed by atoms with E-state index in [0.29, 0.717) is 11.5 Å². The fourth-order valence-electron chi connectivity index (χ4n) is 1.34. The molecule has 7 heteroatoms. The summed E-state index contributed by atoms with van der Waals surface area (Å²) in [5.74, 6) is 0. The molecule has 0 aromatic carbocycles. The third kappa shape index (κ3) is 2.89. The van der Waals surface area contributed by atoms with Gasteiger partial charge in [0.25, 0.3) is 0 Å². The summed E-state index contributed by atoms with van der Waals surface area (Å²) < 4.78 is 0. The van der Waals surface area contributed by atoms with Gasteiger partial charge in [0, 0.05) is 22.8 Å². The molecule has 0 aliphatic heterocycles. The average molecular weight is 266 g/mol. The van der Waals surface area contributed by atoms with Crippen LogP contribution in [-0.4, -0.2) is 15.0 Å². The summed E-state index contributed by atoms with van der Waals surface area (Å²) in [5, 5.41) is 4.90. The van der Waals surface area contributed by atoms with E-state index in [9.17, 15) is 4.79 Å². The third-order valence-corrected chi connectivity index (χ3v) is 3.07. The molecule has 0 unspecified atom stereocenters. The van der Waals surface area contributed by atoms with Crippen molar-refractivity contribution in [2.24, 2.45) is 5.73 Å². The van der Waals surface area contributed by atoms with Crippen molar-refractivity contribution in [3.05, 3.63) is 44.8 Å². The van der Waals surface area contributed by atoms with E-state index in [1.54, 1.807) is 23.8 Å². The number of hydrogen-bond donors (Lipinski definition) is 3. The van der Waals surface area contributed by atoms with Crippen LogP contribution in [0.25, 0.3) is 0 Å². The highest BCUT2D eigenvalue weighted by Crippen LogP contribution is 2.14. The Morgan fingerprint density at radius 1 is 1.65 bits per heavy atom. The van der Waals surface area contributed by atoms with E-state index in [0.717, 1.165) is 28.3 Å². The molecule has 0 amide bonds. The maximum atomic E-state index is 11.0. The van der Waals surface area contributed by atoms with Crippen molar-refractivity contribution in [3.8, 4) is 0 Å². The minimum atomic E-state index is -0.0671. The van der Waals surface area contributed by atoms with Crippen LogP contribution in [0.15, 0.2) is 28.6 Å². The van der Waals surface area contributed by atoms with E-state index in [1.165, 1.54) is 0 Å². The van der Waals surface area contributed by atoms with Crippen molar-refractivity contribution in [2.45, 2.75) is 6.54 Å². The topological polar surface area (TPSA) is 83.8 Å². The monoisotopic (exact) mass is 266 g/mol. The zero-order valence-electron chi connectivity index (χ0n) is 8.77. The number of nitrogens with two attached hydrogens (primary N) is 1. The van der Waals surface area contributed by atoms with Crippen LogP contribution in [0.1, 0.15) is 11.3 Å². The van der Waals surface area contributed by atoms with Gasteiger partial charge >= 0.3 is 4.87 Å². The van der Waals surface area contributed by atoms with Crippen LogP contribution in [0.5, 0.6) is 0 Å². The first-order chi connectivity index (χ1) is 8.16. The van der Waals surface area contributed by atoms with Gasteiger partial charge in [0.1, 0.15) is 4.99 Å². The number of nitrogens with zero attached hydrogens (tertiary/aromatic N) is 1. The number of hydrogen-bond acceptors (Lipinski definition) is 5. The number of aromatic nitrogens is 2. The Labute approximate surface area is 107 Å². The van der Waals surface area contributed by atoms with E-state index < -0.39 is 0 Å². The predicted molar refractivity (Wildman–Crippen MR) is 72.4 cm³/mol. The summed E-state index contributed by atoms with van der Waals surface area (Å²) in [6, 6.07) is 1.75. The second-order valence-corrected chi connectivity index (χ2v) is 4.59. The summed E-state index contributed by atoms with van der Waals surface area (Å²) in [6.45, 7) is 0.500. The second kappa shape index (κ2) is 5.07. The molecule has 0 spiro atoms. The van der Waals surface area contributed by atoms with Gasteiger partial charge in [-0.25, -0.2) is 0 Å². The molecule has 0 saturated carbocycles. The van der Waals surface area contributed by atoms with Gasteiger partial charge in [-0.3, -0.25) is 9.78 Å². The number of anilines is 1. The van der Waals surface area contributed by atoms with Crippen LogP contribution in [0, 0.1) is 0 Å². The summed E-state index contributed by atoms with van der Waals surface area (Å²) in [4.78, 5) is 17.9. The molecule has 2 aromatic heterocycles. The smallest absolute Gasteiger partial charge is 0.304 e. The lowest BCUT2D eigenvalue weighted by Crippen LogP contribution is -2.13. The van der Waals surface area contributed by atoms with E-state index in [-0.39, 0.29) is 4.87 Å². The molecule has 0 radical (unpaired) electrons. The molecule has 0 fully saturated rings. The van der Waals surface area contributed by atoms with Gasteiger partial charge in [-0.2, -0.15) is 0 Å². The fraction of sp³-hybridized carbons (Fsp3) is 0.100. The number of aromatic amines is 1. The number of nitrogens with one attached hydrogen (secondary N) is 2. The number of thiazole rings is 1. The van der Waals surface area contributed by atoms with Crippen molar-refractivity contribution in [1.82, 2.24) is 9.97 Å². The molecule has 0 aliphatic carbocycles. The van der Waals surface area contributed by atoms with Crippen molar-refractivity contribution < 1.29 is 0 Å². The number of thiocarbonyl (C=S) groups is 1. The lowest BCUT2D eigenvalue weighted by atomic mass is 10.2. The third-order valence-electron chi connectivity index (χ3n) is 2.13. The highest BCUT2D eigenvalue weighted by molar-refractivity contribution is 7.80. The quantitative estimate of drug-likeness (QED) is 0.721. The van der Waals surface area contributed by atoms with Crippen LogP contribution < -0.4 is 15.9 Å². The largest absolute Gasteiger partial charge is 0.389 e. The Hall–Kier alpha value is -1.73. The van der Waals surface area contributed by atoms with Crippen LogP contribution in [0.4, 0.5) is 5.69 Å². The second-order valence-electron chi connectivity index (χ2n) is 3.31. The Balaban J connectivity index is 2.14. The van der Waals surface area contributed by atoms with Crippen molar-refractivity contribution >= 4 is 34.2 Å². The van der Waals surface area contributed by atoms with Gasteiger partial charge in [-0.15, -0.1) is 0 Å². The van der Waals surface area contributed by atoms with Gasteiger partial charge in [0.2, 0.25) is 0 Å². The number of pyridine rings is 1. The molecule has 2 rings (SSSR count). The van der Waals surface area contributed by atoms with Gasteiger partial charge in [-0.05, 0) is 6.07 Å². The molecular weight excluding hydrogens is 256 g/mol.